The molecule has 2 aromatic rings. The second-order valence-corrected chi connectivity index (χ2v) is 4.63. The summed E-state index contributed by atoms with van der Waals surface area (Å²) in [6.07, 6.45) is 0. The van der Waals surface area contributed by atoms with Gasteiger partial charge >= 0.3 is 0 Å². The lowest BCUT2D eigenvalue weighted by atomic mass is 10.2. The lowest BCUT2D eigenvalue weighted by Crippen LogP contribution is -2.13. The molecular formula is C14H13BrN2O2. The first-order chi connectivity index (χ1) is 9.13. The lowest BCUT2D eigenvalue weighted by Gasteiger charge is -2.13. The standard InChI is InChI=1S/C14H13BrN2O2/c1-18-10-6-2-3-7-11(10)19-12-8-4-5-9(15)13(12)14(16)17/h2-8H,1H3,(H3,16,17). The largest absolute Gasteiger partial charge is 0.493 e. The molecule has 0 saturated heterocycles. The highest BCUT2D eigenvalue weighted by Crippen LogP contribution is 2.34. The van der Waals surface area contributed by atoms with Gasteiger partial charge in [0.2, 0.25) is 0 Å². The Labute approximate surface area is 119 Å². The summed E-state index contributed by atoms with van der Waals surface area (Å²) in [6.45, 7) is 0. The number of amidine groups is 1. The van der Waals surface area contributed by atoms with Gasteiger partial charge in [-0.2, -0.15) is 0 Å². The summed E-state index contributed by atoms with van der Waals surface area (Å²) >= 11 is 3.36. The maximum absolute atomic E-state index is 7.62. The molecule has 2 aromatic carbocycles. The fourth-order valence-corrected chi connectivity index (χ4v) is 2.23. The minimum Gasteiger partial charge on any atom is -0.493 e. The van der Waals surface area contributed by atoms with Crippen LogP contribution in [0.5, 0.6) is 17.2 Å². The van der Waals surface area contributed by atoms with Crippen LogP contribution in [0.15, 0.2) is 46.9 Å². The Kier molecular flexibility index (Phi) is 4.06. The van der Waals surface area contributed by atoms with Crippen molar-refractivity contribution in [2.75, 3.05) is 7.11 Å². The van der Waals surface area contributed by atoms with E-state index >= 15 is 0 Å². The monoisotopic (exact) mass is 320 g/mol. The third-order valence-electron chi connectivity index (χ3n) is 2.53. The molecule has 0 aromatic heterocycles. The summed E-state index contributed by atoms with van der Waals surface area (Å²) in [5, 5.41) is 7.62. The molecule has 0 atom stereocenters. The molecule has 0 fully saturated rings. The van der Waals surface area contributed by atoms with E-state index in [1.807, 2.05) is 24.3 Å². The zero-order valence-electron chi connectivity index (χ0n) is 10.3. The van der Waals surface area contributed by atoms with Crippen LogP contribution < -0.4 is 15.2 Å². The number of methoxy groups -OCH3 is 1. The molecule has 0 spiro atoms. The maximum Gasteiger partial charge on any atom is 0.169 e. The van der Waals surface area contributed by atoms with Crippen molar-refractivity contribution in [2.24, 2.45) is 5.73 Å². The molecule has 4 nitrogen and oxygen atoms in total. The topological polar surface area (TPSA) is 68.3 Å². The molecule has 0 heterocycles. The van der Waals surface area contributed by atoms with Crippen LogP contribution in [0.25, 0.3) is 0 Å². The van der Waals surface area contributed by atoms with Crippen molar-refractivity contribution >= 4 is 21.8 Å². The normalized spacial score (nSPS) is 10.0. The number of nitrogens with two attached hydrogens (primary N) is 1. The van der Waals surface area contributed by atoms with Crippen molar-refractivity contribution < 1.29 is 9.47 Å². The van der Waals surface area contributed by atoms with E-state index in [1.54, 1.807) is 25.3 Å². The fourth-order valence-electron chi connectivity index (χ4n) is 1.67. The Morgan fingerprint density at radius 2 is 1.68 bits per heavy atom. The number of hydrogen-bond donors (Lipinski definition) is 2. The number of para-hydroxylation sites is 2. The number of nitrogen functional groups attached to an aromatic ring is 1. The second-order valence-electron chi connectivity index (χ2n) is 3.78. The zero-order valence-corrected chi connectivity index (χ0v) is 11.9. The maximum atomic E-state index is 7.62. The van der Waals surface area contributed by atoms with Crippen LogP contribution in [0.4, 0.5) is 0 Å². The Balaban J connectivity index is 2.44. The van der Waals surface area contributed by atoms with Gasteiger partial charge in [0.25, 0.3) is 0 Å². The first kappa shape index (κ1) is 13.4. The highest BCUT2D eigenvalue weighted by atomic mass is 79.9. The van der Waals surface area contributed by atoms with Gasteiger partial charge in [0, 0.05) is 4.47 Å². The van der Waals surface area contributed by atoms with Gasteiger partial charge in [0.05, 0.1) is 12.7 Å². The van der Waals surface area contributed by atoms with E-state index in [0.29, 0.717) is 27.3 Å². The summed E-state index contributed by atoms with van der Waals surface area (Å²) in [4.78, 5) is 0. The Bertz CT molecular complexity index is 614. The summed E-state index contributed by atoms with van der Waals surface area (Å²) in [6, 6.07) is 12.7. The Hall–Kier alpha value is -2.01. The van der Waals surface area contributed by atoms with Crippen LogP contribution in [0, 0.1) is 5.41 Å². The van der Waals surface area contributed by atoms with E-state index in [0.717, 1.165) is 0 Å². The van der Waals surface area contributed by atoms with Gasteiger partial charge in [0.1, 0.15) is 11.6 Å². The Morgan fingerprint density at radius 3 is 2.32 bits per heavy atom. The highest BCUT2D eigenvalue weighted by molar-refractivity contribution is 9.10. The van der Waals surface area contributed by atoms with E-state index < -0.39 is 0 Å². The van der Waals surface area contributed by atoms with Gasteiger partial charge < -0.3 is 15.2 Å². The van der Waals surface area contributed by atoms with Crippen LogP contribution in [-0.2, 0) is 0 Å². The molecule has 0 aliphatic carbocycles. The average molecular weight is 321 g/mol. The minimum atomic E-state index is -0.0580. The first-order valence-electron chi connectivity index (χ1n) is 5.57. The van der Waals surface area contributed by atoms with Crippen LogP contribution >= 0.6 is 15.9 Å². The molecule has 3 N–H and O–H groups in total. The molecule has 0 saturated carbocycles. The minimum absolute atomic E-state index is 0.0580. The molecule has 19 heavy (non-hydrogen) atoms. The van der Waals surface area contributed by atoms with E-state index in [-0.39, 0.29) is 5.84 Å². The van der Waals surface area contributed by atoms with Gasteiger partial charge in [-0.3, -0.25) is 5.41 Å². The van der Waals surface area contributed by atoms with Gasteiger partial charge in [-0.15, -0.1) is 0 Å². The lowest BCUT2D eigenvalue weighted by molar-refractivity contribution is 0.378. The summed E-state index contributed by atoms with van der Waals surface area (Å²) in [5.74, 6) is 1.64. The van der Waals surface area contributed by atoms with E-state index in [4.69, 9.17) is 20.6 Å². The van der Waals surface area contributed by atoms with Gasteiger partial charge in [-0.1, -0.05) is 18.2 Å². The van der Waals surface area contributed by atoms with Gasteiger partial charge in [-0.05, 0) is 40.2 Å². The summed E-state index contributed by atoms with van der Waals surface area (Å²) in [7, 11) is 1.58. The molecule has 0 radical (unpaired) electrons. The van der Waals surface area contributed by atoms with Gasteiger partial charge in [0.15, 0.2) is 11.5 Å². The molecule has 0 aliphatic rings. The van der Waals surface area contributed by atoms with Crippen molar-refractivity contribution in [1.29, 1.82) is 5.41 Å². The summed E-state index contributed by atoms with van der Waals surface area (Å²) in [5.41, 5.74) is 6.10. The van der Waals surface area contributed by atoms with Crippen molar-refractivity contribution in [3.63, 3.8) is 0 Å². The quantitative estimate of drug-likeness (QED) is 0.668. The molecule has 0 bridgehead atoms. The molecule has 0 aliphatic heterocycles. The fraction of sp³-hybridized carbons (Fsp3) is 0.0714. The predicted octanol–water partition coefficient (Wildman–Crippen LogP) is 3.53. The number of benzene rings is 2. The SMILES string of the molecule is COc1ccccc1Oc1cccc(Br)c1C(=N)N. The highest BCUT2D eigenvalue weighted by Gasteiger charge is 2.13. The number of halogens is 1. The van der Waals surface area contributed by atoms with E-state index in [9.17, 15) is 0 Å². The molecule has 5 heteroatoms. The number of ether oxygens (including phenoxy) is 2. The molecule has 0 unspecified atom stereocenters. The van der Waals surface area contributed by atoms with Crippen molar-refractivity contribution in [3.8, 4) is 17.2 Å². The third-order valence-corrected chi connectivity index (χ3v) is 3.19. The van der Waals surface area contributed by atoms with Crippen molar-refractivity contribution in [1.82, 2.24) is 0 Å². The first-order valence-corrected chi connectivity index (χ1v) is 6.36. The van der Waals surface area contributed by atoms with Crippen molar-refractivity contribution in [2.45, 2.75) is 0 Å². The average Bonchev–Trinajstić information content (AvgIpc) is 2.39. The van der Waals surface area contributed by atoms with Gasteiger partial charge in [-0.25, -0.2) is 0 Å². The number of nitrogens with one attached hydrogen (secondary N) is 1. The van der Waals surface area contributed by atoms with Crippen LogP contribution in [-0.4, -0.2) is 12.9 Å². The molecule has 98 valence electrons. The zero-order chi connectivity index (χ0) is 13.8. The summed E-state index contributed by atoms with van der Waals surface area (Å²) < 4.78 is 11.7. The van der Waals surface area contributed by atoms with Crippen LogP contribution in [0.3, 0.4) is 0 Å². The molecular weight excluding hydrogens is 308 g/mol. The predicted molar refractivity (Wildman–Crippen MR) is 78.2 cm³/mol. The number of hydrogen-bond acceptors (Lipinski definition) is 3. The Morgan fingerprint density at radius 1 is 1.05 bits per heavy atom. The second kappa shape index (κ2) is 5.75. The van der Waals surface area contributed by atoms with Crippen LogP contribution in [0.2, 0.25) is 0 Å². The van der Waals surface area contributed by atoms with E-state index in [2.05, 4.69) is 15.9 Å². The number of rotatable bonds is 4. The molecule has 2 rings (SSSR count). The smallest absolute Gasteiger partial charge is 0.169 e. The van der Waals surface area contributed by atoms with Crippen molar-refractivity contribution in [3.05, 3.63) is 52.5 Å². The van der Waals surface area contributed by atoms with Crippen LogP contribution in [0.1, 0.15) is 5.56 Å². The van der Waals surface area contributed by atoms with E-state index in [1.165, 1.54) is 0 Å². The molecule has 0 amide bonds. The third kappa shape index (κ3) is 2.88.